The lowest BCUT2D eigenvalue weighted by atomic mass is 10.0. The maximum atomic E-state index is 6.06. The smallest absolute Gasteiger partial charge is 0.153 e. The van der Waals surface area contributed by atoms with E-state index in [4.69, 9.17) is 9.73 Å². The Kier molecular flexibility index (Phi) is 3.01. The van der Waals surface area contributed by atoms with Gasteiger partial charge in [0.15, 0.2) is 5.75 Å². The van der Waals surface area contributed by atoms with Crippen LogP contribution in [0.2, 0.25) is 0 Å². The van der Waals surface area contributed by atoms with Gasteiger partial charge in [0.25, 0.3) is 0 Å². The van der Waals surface area contributed by atoms with Gasteiger partial charge < -0.3 is 4.74 Å². The van der Waals surface area contributed by atoms with E-state index in [1.165, 1.54) is 5.56 Å². The maximum Gasteiger partial charge on any atom is 0.153 e. The zero-order valence-corrected chi connectivity index (χ0v) is 12.3. The van der Waals surface area contributed by atoms with E-state index in [2.05, 4.69) is 37.3 Å². The molecular formula is C20H15NO. The molecule has 1 heterocycles. The van der Waals surface area contributed by atoms with E-state index in [9.17, 15) is 0 Å². The van der Waals surface area contributed by atoms with Gasteiger partial charge in [0.2, 0.25) is 0 Å². The van der Waals surface area contributed by atoms with Crippen molar-refractivity contribution >= 4 is 11.4 Å². The molecule has 0 unspecified atom stereocenters. The topological polar surface area (TPSA) is 21.6 Å². The Bertz CT molecular complexity index is 863. The first-order valence-corrected chi connectivity index (χ1v) is 7.33. The van der Waals surface area contributed by atoms with Crippen molar-refractivity contribution < 1.29 is 4.74 Å². The third kappa shape index (κ3) is 2.19. The van der Waals surface area contributed by atoms with Crippen molar-refractivity contribution in [1.82, 2.24) is 0 Å². The van der Waals surface area contributed by atoms with Crippen LogP contribution < -0.4 is 4.74 Å². The fourth-order valence-electron chi connectivity index (χ4n) is 2.62. The Morgan fingerprint density at radius 1 is 0.727 bits per heavy atom. The van der Waals surface area contributed by atoms with Crippen LogP contribution in [0.3, 0.4) is 0 Å². The van der Waals surface area contributed by atoms with Gasteiger partial charge in [-0.3, -0.25) is 0 Å². The number of aliphatic imine (C=N–C) groups is 1. The molecular weight excluding hydrogens is 270 g/mol. The van der Waals surface area contributed by atoms with Crippen LogP contribution in [0.25, 0.3) is 0 Å². The first kappa shape index (κ1) is 12.8. The quantitative estimate of drug-likeness (QED) is 0.467. The molecule has 0 fully saturated rings. The lowest BCUT2D eigenvalue weighted by Gasteiger charge is -2.09. The molecule has 1 aliphatic heterocycles. The molecule has 2 nitrogen and oxygen atoms in total. The predicted octanol–water partition coefficient (Wildman–Crippen LogP) is 5.27. The highest BCUT2D eigenvalue weighted by Gasteiger charge is 2.18. The molecule has 0 amide bonds. The zero-order chi connectivity index (χ0) is 14.9. The Labute approximate surface area is 129 Å². The van der Waals surface area contributed by atoms with Gasteiger partial charge in [-0.1, -0.05) is 54.1 Å². The third-order valence-electron chi connectivity index (χ3n) is 3.78. The van der Waals surface area contributed by atoms with E-state index in [1.54, 1.807) is 0 Å². The maximum absolute atomic E-state index is 6.06. The summed E-state index contributed by atoms with van der Waals surface area (Å²) < 4.78 is 6.06. The molecule has 3 aromatic carbocycles. The summed E-state index contributed by atoms with van der Waals surface area (Å²) in [5, 5.41) is 0. The summed E-state index contributed by atoms with van der Waals surface area (Å²) in [6.45, 7) is 2.09. The molecule has 0 saturated carbocycles. The van der Waals surface area contributed by atoms with Crippen molar-refractivity contribution in [3.8, 4) is 11.5 Å². The van der Waals surface area contributed by atoms with Crippen molar-refractivity contribution in [3.05, 3.63) is 89.5 Å². The van der Waals surface area contributed by atoms with Crippen molar-refractivity contribution in [2.75, 3.05) is 0 Å². The third-order valence-corrected chi connectivity index (χ3v) is 3.78. The average Bonchev–Trinajstić information content (AvgIpc) is 2.72. The monoisotopic (exact) mass is 285 g/mol. The lowest BCUT2D eigenvalue weighted by Crippen LogP contribution is -2.03. The molecule has 106 valence electrons. The minimum absolute atomic E-state index is 0.789. The molecule has 22 heavy (non-hydrogen) atoms. The summed E-state index contributed by atoms with van der Waals surface area (Å²) in [6.07, 6.45) is 0. The molecule has 0 N–H and O–H groups in total. The number of benzene rings is 3. The summed E-state index contributed by atoms with van der Waals surface area (Å²) in [5.41, 5.74) is 5.15. The standard InChI is InChI=1S/C20H15NO/c1-14-10-12-15(13-11-14)20-16-6-2-4-8-18(16)22-19-9-5-3-7-17(19)21-20/h2-13H,1H3. The Morgan fingerprint density at radius 2 is 1.41 bits per heavy atom. The van der Waals surface area contributed by atoms with Crippen LogP contribution in [0.5, 0.6) is 11.5 Å². The van der Waals surface area contributed by atoms with E-state index in [0.29, 0.717) is 0 Å². The summed E-state index contributed by atoms with van der Waals surface area (Å²) in [5.74, 6) is 1.63. The van der Waals surface area contributed by atoms with Gasteiger partial charge in [-0.2, -0.15) is 0 Å². The Hall–Kier alpha value is -2.87. The molecule has 4 rings (SSSR count). The summed E-state index contributed by atoms with van der Waals surface area (Å²) in [7, 11) is 0. The molecule has 0 aliphatic carbocycles. The second kappa shape index (κ2) is 5.15. The minimum atomic E-state index is 0.789. The number of hydrogen-bond acceptors (Lipinski definition) is 2. The van der Waals surface area contributed by atoms with Gasteiger partial charge in [0.05, 0.1) is 5.71 Å². The first-order valence-electron chi connectivity index (χ1n) is 7.33. The van der Waals surface area contributed by atoms with Crippen molar-refractivity contribution in [2.24, 2.45) is 4.99 Å². The highest BCUT2D eigenvalue weighted by atomic mass is 16.5. The number of aryl methyl sites for hydroxylation is 1. The van der Waals surface area contributed by atoms with E-state index < -0.39 is 0 Å². The summed E-state index contributed by atoms with van der Waals surface area (Å²) >= 11 is 0. The predicted molar refractivity (Wildman–Crippen MR) is 89.4 cm³/mol. The van der Waals surface area contributed by atoms with Crippen LogP contribution in [0.1, 0.15) is 16.7 Å². The molecule has 0 atom stereocenters. The number of ether oxygens (including phenoxy) is 1. The van der Waals surface area contributed by atoms with Crippen LogP contribution in [0.15, 0.2) is 77.8 Å². The first-order chi connectivity index (χ1) is 10.8. The molecule has 2 heteroatoms. The van der Waals surface area contributed by atoms with Gasteiger partial charge in [-0.15, -0.1) is 0 Å². The second-order valence-corrected chi connectivity index (χ2v) is 5.39. The molecule has 0 aromatic heterocycles. The van der Waals surface area contributed by atoms with E-state index in [1.807, 2.05) is 42.5 Å². The molecule has 0 saturated heterocycles. The van der Waals surface area contributed by atoms with E-state index >= 15 is 0 Å². The number of hydrogen-bond donors (Lipinski definition) is 0. The van der Waals surface area contributed by atoms with Gasteiger partial charge in [0, 0.05) is 11.1 Å². The SMILES string of the molecule is Cc1ccc(C2=Nc3ccccc3Oc3ccccc32)cc1. The van der Waals surface area contributed by atoms with Crippen LogP contribution >= 0.6 is 0 Å². The largest absolute Gasteiger partial charge is 0.454 e. The van der Waals surface area contributed by atoms with Crippen LogP contribution in [0, 0.1) is 6.92 Å². The van der Waals surface area contributed by atoms with E-state index in [0.717, 1.165) is 34.0 Å². The number of fused-ring (bicyclic) bond motifs is 2. The van der Waals surface area contributed by atoms with Crippen molar-refractivity contribution in [3.63, 3.8) is 0 Å². The normalized spacial score (nSPS) is 12.5. The van der Waals surface area contributed by atoms with Gasteiger partial charge in [-0.05, 0) is 31.2 Å². The molecule has 0 spiro atoms. The average molecular weight is 285 g/mol. The molecule has 0 radical (unpaired) electrons. The highest BCUT2D eigenvalue weighted by molar-refractivity contribution is 6.16. The summed E-state index contributed by atoms with van der Waals surface area (Å²) in [4.78, 5) is 4.87. The van der Waals surface area contributed by atoms with E-state index in [-0.39, 0.29) is 0 Å². The van der Waals surface area contributed by atoms with Gasteiger partial charge in [0.1, 0.15) is 11.4 Å². The van der Waals surface area contributed by atoms with Gasteiger partial charge in [-0.25, -0.2) is 4.99 Å². The number of nitrogens with zero attached hydrogens (tertiary/aromatic N) is 1. The molecule has 0 bridgehead atoms. The fraction of sp³-hybridized carbons (Fsp3) is 0.0500. The lowest BCUT2D eigenvalue weighted by molar-refractivity contribution is 0.485. The van der Waals surface area contributed by atoms with Crippen LogP contribution in [-0.2, 0) is 0 Å². The van der Waals surface area contributed by atoms with Crippen molar-refractivity contribution in [1.29, 1.82) is 0 Å². The number of para-hydroxylation sites is 3. The zero-order valence-electron chi connectivity index (χ0n) is 12.3. The summed E-state index contributed by atoms with van der Waals surface area (Å²) in [6, 6.07) is 24.4. The van der Waals surface area contributed by atoms with Crippen LogP contribution in [-0.4, -0.2) is 5.71 Å². The Morgan fingerprint density at radius 3 is 2.23 bits per heavy atom. The fourth-order valence-corrected chi connectivity index (χ4v) is 2.62. The second-order valence-electron chi connectivity index (χ2n) is 5.39. The van der Waals surface area contributed by atoms with Crippen molar-refractivity contribution in [2.45, 2.75) is 6.92 Å². The minimum Gasteiger partial charge on any atom is -0.454 e. The van der Waals surface area contributed by atoms with Gasteiger partial charge >= 0.3 is 0 Å². The Balaban J connectivity index is 1.98. The molecule has 3 aromatic rings. The van der Waals surface area contributed by atoms with Crippen LogP contribution in [0.4, 0.5) is 5.69 Å². The molecule has 1 aliphatic rings. The number of rotatable bonds is 1. The highest BCUT2D eigenvalue weighted by Crippen LogP contribution is 2.38.